The van der Waals surface area contributed by atoms with E-state index >= 15 is 0 Å². The van der Waals surface area contributed by atoms with E-state index in [0.29, 0.717) is 0 Å². The highest BCUT2D eigenvalue weighted by Crippen LogP contribution is 2.38. The molecule has 2 aromatic heterocycles. The molecule has 0 saturated carbocycles. The van der Waals surface area contributed by atoms with Crippen LogP contribution in [-0.4, -0.2) is 43.4 Å². The monoisotopic (exact) mass is 345 g/mol. The average molecular weight is 345 g/mol. The minimum absolute atomic E-state index is 0.0195. The summed E-state index contributed by atoms with van der Waals surface area (Å²) in [5, 5.41) is 9.24. The third-order valence-corrected chi connectivity index (χ3v) is 3.91. The number of ether oxygens (including phenoxy) is 1. The Labute approximate surface area is 128 Å². The van der Waals surface area contributed by atoms with Gasteiger partial charge in [-0.05, 0) is 0 Å². The lowest BCUT2D eigenvalue weighted by Gasteiger charge is -2.32. The lowest BCUT2D eigenvalue weighted by molar-refractivity contribution is -0.345. The van der Waals surface area contributed by atoms with Crippen LogP contribution in [0.15, 0.2) is 11.1 Å². The second-order valence-electron chi connectivity index (χ2n) is 4.91. The maximum absolute atomic E-state index is 11.7. The molecule has 0 radical (unpaired) electrons. The molecule has 13 heteroatoms. The second-order valence-corrected chi connectivity index (χ2v) is 6.02. The Morgan fingerprint density at radius 3 is 3.00 bits per heavy atom. The molecule has 126 valence electrons. The van der Waals surface area contributed by atoms with Crippen molar-refractivity contribution in [2.75, 3.05) is 12.3 Å². The standard InChI is InChI=1S/C10H14N5O7P/c11-10-13-8-7(9(17)14-10)12-3-15(8)6-1-4(5(2-16)21-6)22-23(18,19)20/h3-6,16H,1-2H2,(H2,18,19,20)(H3,11,13,14,17)/p-2/t4-,5+,6+/m0/s1. The first-order valence-electron chi connectivity index (χ1n) is 6.47. The summed E-state index contributed by atoms with van der Waals surface area (Å²) in [6, 6.07) is 0. The number of rotatable bonds is 4. The summed E-state index contributed by atoms with van der Waals surface area (Å²) in [7, 11) is -5.24. The number of imidazole rings is 1. The summed E-state index contributed by atoms with van der Waals surface area (Å²) in [6.45, 7) is -0.552. The molecule has 3 heterocycles. The average Bonchev–Trinajstić information content (AvgIpc) is 3.00. The van der Waals surface area contributed by atoms with Crippen LogP contribution in [0.2, 0.25) is 0 Å². The number of aliphatic hydroxyl groups excluding tert-OH is 1. The molecule has 1 aliphatic heterocycles. The van der Waals surface area contributed by atoms with Gasteiger partial charge in [0.1, 0.15) is 12.3 Å². The van der Waals surface area contributed by atoms with E-state index in [1.165, 1.54) is 10.9 Å². The zero-order chi connectivity index (χ0) is 16.8. The number of fused-ring (bicyclic) bond motifs is 1. The predicted molar refractivity (Wildman–Crippen MR) is 70.7 cm³/mol. The van der Waals surface area contributed by atoms with E-state index in [0.717, 1.165) is 0 Å². The van der Waals surface area contributed by atoms with Gasteiger partial charge in [0.05, 0.1) is 26.9 Å². The largest absolute Gasteiger partial charge is 0.790 e. The molecule has 0 unspecified atom stereocenters. The number of H-pyrrole nitrogens is 1. The van der Waals surface area contributed by atoms with E-state index in [1.807, 2.05) is 0 Å². The number of aromatic amines is 1. The third kappa shape index (κ3) is 3.13. The molecule has 1 fully saturated rings. The summed E-state index contributed by atoms with van der Waals surface area (Å²) < 4.78 is 22.0. The molecule has 0 aliphatic carbocycles. The number of phosphoric ester groups is 1. The number of anilines is 1. The number of aliphatic hydroxyl groups is 1. The van der Waals surface area contributed by atoms with Crippen molar-refractivity contribution in [3.63, 3.8) is 0 Å². The van der Waals surface area contributed by atoms with Gasteiger partial charge in [-0.3, -0.25) is 14.3 Å². The van der Waals surface area contributed by atoms with Crippen molar-refractivity contribution in [2.24, 2.45) is 0 Å². The molecule has 0 amide bonds. The molecule has 3 rings (SSSR count). The van der Waals surface area contributed by atoms with Crippen LogP contribution in [0.3, 0.4) is 0 Å². The van der Waals surface area contributed by atoms with Crippen LogP contribution in [0, 0.1) is 0 Å². The Morgan fingerprint density at radius 1 is 1.61 bits per heavy atom. The first kappa shape index (κ1) is 16.1. The van der Waals surface area contributed by atoms with Gasteiger partial charge < -0.3 is 34.5 Å². The van der Waals surface area contributed by atoms with Crippen molar-refractivity contribution in [1.82, 2.24) is 19.5 Å². The van der Waals surface area contributed by atoms with E-state index in [2.05, 4.69) is 19.5 Å². The smallest absolute Gasteiger partial charge is 0.280 e. The van der Waals surface area contributed by atoms with Crippen molar-refractivity contribution < 1.29 is 28.7 Å². The molecular weight excluding hydrogens is 333 g/mol. The second kappa shape index (κ2) is 5.67. The maximum atomic E-state index is 11.7. The maximum Gasteiger partial charge on any atom is 0.280 e. The number of nitrogens with zero attached hydrogens (tertiary/aromatic N) is 3. The van der Waals surface area contributed by atoms with Crippen LogP contribution in [0.25, 0.3) is 11.2 Å². The Kier molecular flexibility index (Phi) is 3.96. The van der Waals surface area contributed by atoms with E-state index in [9.17, 15) is 24.3 Å². The van der Waals surface area contributed by atoms with Gasteiger partial charge in [-0.2, -0.15) is 4.98 Å². The molecule has 1 saturated heterocycles. The summed E-state index contributed by atoms with van der Waals surface area (Å²) in [4.78, 5) is 43.4. The van der Waals surface area contributed by atoms with Gasteiger partial charge in [0.25, 0.3) is 5.56 Å². The zero-order valence-electron chi connectivity index (χ0n) is 11.5. The molecular formula is C10H12N5O7P-2. The fraction of sp³-hybridized carbons (Fsp3) is 0.500. The zero-order valence-corrected chi connectivity index (χ0v) is 12.4. The number of aromatic nitrogens is 4. The van der Waals surface area contributed by atoms with Crippen LogP contribution in [0.1, 0.15) is 12.6 Å². The summed E-state index contributed by atoms with van der Waals surface area (Å²) in [6.07, 6.45) is -1.79. The quantitative estimate of drug-likeness (QED) is 0.487. The highest BCUT2D eigenvalue weighted by atomic mass is 31.2. The Balaban J connectivity index is 1.94. The number of hydrogen-bond acceptors (Lipinski definition) is 10. The van der Waals surface area contributed by atoms with Crippen molar-refractivity contribution >= 4 is 24.9 Å². The normalized spacial score (nSPS) is 25.3. The lowest BCUT2D eigenvalue weighted by Crippen LogP contribution is -2.31. The molecule has 4 N–H and O–H groups in total. The van der Waals surface area contributed by atoms with Crippen molar-refractivity contribution in [3.05, 3.63) is 16.7 Å². The van der Waals surface area contributed by atoms with Crippen molar-refractivity contribution in [2.45, 2.75) is 24.9 Å². The molecule has 0 bridgehead atoms. The molecule has 1 aliphatic rings. The van der Waals surface area contributed by atoms with Gasteiger partial charge in [0, 0.05) is 6.42 Å². The highest BCUT2D eigenvalue weighted by molar-refractivity contribution is 7.43. The van der Waals surface area contributed by atoms with E-state index < -0.39 is 38.4 Å². The highest BCUT2D eigenvalue weighted by Gasteiger charge is 2.38. The summed E-state index contributed by atoms with van der Waals surface area (Å²) >= 11 is 0. The van der Waals surface area contributed by atoms with Gasteiger partial charge >= 0.3 is 0 Å². The van der Waals surface area contributed by atoms with Gasteiger partial charge in [-0.1, -0.05) is 0 Å². The minimum atomic E-state index is -5.24. The molecule has 0 aromatic carbocycles. The minimum Gasteiger partial charge on any atom is -0.790 e. The number of hydrogen-bond donors (Lipinski definition) is 3. The Hall–Kier alpha value is -1.82. The summed E-state index contributed by atoms with van der Waals surface area (Å²) in [5.74, 6) is -0.127. The number of nitrogens with two attached hydrogens (primary N) is 1. The Bertz CT molecular complexity index is 829. The molecule has 12 nitrogen and oxygen atoms in total. The molecule has 3 atom stereocenters. The van der Waals surface area contributed by atoms with Gasteiger partial charge in [-0.15, -0.1) is 0 Å². The first-order valence-corrected chi connectivity index (χ1v) is 7.93. The number of nitrogen functional groups attached to an aromatic ring is 1. The predicted octanol–water partition coefficient (Wildman–Crippen LogP) is -2.80. The van der Waals surface area contributed by atoms with E-state index in [1.54, 1.807) is 0 Å². The van der Waals surface area contributed by atoms with Crippen LogP contribution < -0.4 is 21.1 Å². The van der Waals surface area contributed by atoms with Crippen LogP contribution >= 0.6 is 7.82 Å². The van der Waals surface area contributed by atoms with Crippen LogP contribution in [0.4, 0.5) is 5.95 Å². The van der Waals surface area contributed by atoms with E-state index in [-0.39, 0.29) is 23.5 Å². The van der Waals surface area contributed by atoms with Crippen LogP contribution in [-0.2, 0) is 13.8 Å². The summed E-state index contributed by atoms with van der Waals surface area (Å²) in [5.41, 5.74) is 5.09. The van der Waals surface area contributed by atoms with Gasteiger partial charge in [0.2, 0.25) is 5.95 Å². The molecule has 23 heavy (non-hydrogen) atoms. The van der Waals surface area contributed by atoms with Gasteiger partial charge in [-0.25, -0.2) is 4.98 Å². The van der Waals surface area contributed by atoms with Crippen molar-refractivity contribution in [3.8, 4) is 0 Å². The number of nitrogens with one attached hydrogen (secondary N) is 1. The Morgan fingerprint density at radius 2 is 2.35 bits per heavy atom. The fourth-order valence-electron chi connectivity index (χ4n) is 2.47. The lowest BCUT2D eigenvalue weighted by atomic mass is 10.2. The molecule has 0 spiro atoms. The molecule has 2 aromatic rings. The fourth-order valence-corrected chi connectivity index (χ4v) is 3.02. The van der Waals surface area contributed by atoms with Crippen molar-refractivity contribution in [1.29, 1.82) is 0 Å². The SMILES string of the molecule is Nc1nc2c(ncn2[C@H]2C[C@H](OP(=O)([O-])[O-])[C@@H](CO)O2)c(=O)[nH]1. The topological polar surface area (TPSA) is 191 Å². The first-order chi connectivity index (χ1) is 10.8. The van der Waals surface area contributed by atoms with Crippen LogP contribution in [0.5, 0.6) is 0 Å². The van der Waals surface area contributed by atoms with E-state index in [4.69, 9.17) is 10.5 Å². The van der Waals surface area contributed by atoms with Gasteiger partial charge in [0.15, 0.2) is 11.2 Å². The third-order valence-electron chi connectivity index (χ3n) is 3.39. The number of phosphoric acid groups is 1.